The van der Waals surface area contributed by atoms with Crippen LogP contribution < -0.4 is 10.6 Å². The summed E-state index contributed by atoms with van der Waals surface area (Å²) in [5.74, 6) is -1.17. The Morgan fingerprint density at radius 3 is 2.79 bits per heavy atom. The van der Waals surface area contributed by atoms with Crippen LogP contribution >= 0.6 is 0 Å². The molecule has 2 heterocycles. The quantitative estimate of drug-likeness (QED) is 0.910. The van der Waals surface area contributed by atoms with Crippen molar-refractivity contribution in [3.05, 3.63) is 47.8 Å². The zero-order valence-electron chi connectivity index (χ0n) is 13.0. The Hall–Kier alpha value is -2.64. The molecule has 1 atom stereocenters. The van der Waals surface area contributed by atoms with Crippen molar-refractivity contribution in [2.75, 3.05) is 11.4 Å². The van der Waals surface area contributed by atoms with Gasteiger partial charge in [-0.25, -0.2) is 13.6 Å². The van der Waals surface area contributed by atoms with E-state index in [2.05, 4.69) is 5.10 Å². The third kappa shape index (κ3) is 3.81. The second-order valence-corrected chi connectivity index (χ2v) is 5.80. The lowest BCUT2D eigenvalue weighted by Crippen LogP contribution is -2.33. The molecule has 1 aliphatic heterocycles. The second-order valence-electron chi connectivity index (χ2n) is 5.80. The number of carbonyl (C=O) groups excluding carboxylic acids is 1. The Balaban J connectivity index is 1.69. The van der Waals surface area contributed by atoms with Gasteiger partial charge in [-0.3, -0.25) is 4.68 Å². The molecule has 24 heavy (non-hydrogen) atoms. The molecule has 8 heteroatoms. The number of hydrogen-bond acceptors (Lipinski definition) is 4. The van der Waals surface area contributed by atoms with Gasteiger partial charge in [0.05, 0.1) is 12.7 Å². The van der Waals surface area contributed by atoms with Crippen LogP contribution in [0.25, 0.3) is 0 Å². The molecular weight excluding hydrogens is 318 g/mol. The molecule has 0 bridgehead atoms. The van der Waals surface area contributed by atoms with Crippen molar-refractivity contribution in [2.45, 2.75) is 32.0 Å². The first-order chi connectivity index (χ1) is 11.5. The Morgan fingerprint density at radius 1 is 1.33 bits per heavy atom. The number of nitrogens with two attached hydrogens (primary N) is 1. The zero-order valence-corrected chi connectivity index (χ0v) is 13.0. The van der Waals surface area contributed by atoms with Gasteiger partial charge in [-0.1, -0.05) is 0 Å². The molecule has 3 rings (SSSR count). The summed E-state index contributed by atoms with van der Waals surface area (Å²) < 4.78 is 33.4. The first-order valence-corrected chi connectivity index (χ1v) is 7.67. The van der Waals surface area contributed by atoms with Crippen LogP contribution in [0.4, 0.5) is 19.3 Å². The van der Waals surface area contributed by atoms with Gasteiger partial charge in [-0.2, -0.15) is 5.10 Å². The summed E-state index contributed by atoms with van der Waals surface area (Å²) >= 11 is 0. The van der Waals surface area contributed by atoms with Crippen molar-refractivity contribution in [1.29, 1.82) is 0 Å². The highest BCUT2D eigenvalue weighted by Gasteiger charge is 2.26. The number of ether oxygens (including phenoxy) is 1. The number of hydrogen-bond donors (Lipinski definition) is 1. The van der Waals surface area contributed by atoms with Crippen molar-refractivity contribution in [1.82, 2.24) is 9.78 Å². The van der Waals surface area contributed by atoms with Crippen LogP contribution in [0.5, 0.6) is 0 Å². The molecule has 6 nitrogen and oxygen atoms in total. The SMILES string of the molecule is NC(=O)OCc1cnn(CC2CCCN2c2cc(F)cc(F)c2)c1. The molecule has 1 fully saturated rings. The van der Waals surface area contributed by atoms with E-state index in [1.54, 1.807) is 17.1 Å². The Bertz CT molecular complexity index is 714. The predicted molar refractivity (Wildman–Crippen MR) is 83.3 cm³/mol. The molecule has 2 aromatic rings. The Kier molecular flexibility index (Phi) is 4.64. The van der Waals surface area contributed by atoms with Gasteiger partial charge < -0.3 is 15.4 Å². The van der Waals surface area contributed by atoms with Gasteiger partial charge in [0, 0.05) is 36.1 Å². The summed E-state index contributed by atoms with van der Waals surface area (Å²) in [5.41, 5.74) is 6.20. The second kappa shape index (κ2) is 6.86. The third-order valence-electron chi connectivity index (χ3n) is 4.02. The third-order valence-corrected chi connectivity index (χ3v) is 4.02. The summed E-state index contributed by atoms with van der Waals surface area (Å²) in [4.78, 5) is 12.6. The zero-order chi connectivity index (χ0) is 17.1. The van der Waals surface area contributed by atoms with Crippen LogP contribution in [0.15, 0.2) is 30.6 Å². The van der Waals surface area contributed by atoms with Crippen molar-refractivity contribution in [3.8, 4) is 0 Å². The fraction of sp³-hybridized carbons (Fsp3) is 0.375. The van der Waals surface area contributed by atoms with Gasteiger partial charge in [-0.15, -0.1) is 0 Å². The number of amides is 1. The van der Waals surface area contributed by atoms with E-state index in [1.807, 2.05) is 4.90 Å². The minimum Gasteiger partial charge on any atom is -0.445 e. The molecule has 128 valence electrons. The Labute approximate surface area is 137 Å². The molecular formula is C16H18F2N4O2. The molecule has 0 saturated carbocycles. The van der Waals surface area contributed by atoms with E-state index in [9.17, 15) is 13.6 Å². The number of benzene rings is 1. The van der Waals surface area contributed by atoms with Gasteiger partial charge in [0.15, 0.2) is 0 Å². The maximum Gasteiger partial charge on any atom is 0.404 e. The first kappa shape index (κ1) is 16.2. The van der Waals surface area contributed by atoms with Crippen LogP contribution in [-0.4, -0.2) is 28.5 Å². The minimum absolute atomic E-state index is 0.0683. The monoisotopic (exact) mass is 336 g/mol. The number of rotatable bonds is 5. The van der Waals surface area contributed by atoms with E-state index in [1.165, 1.54) is 12.1 Å². The Morgan fingerprint density at radius 2 is 2.08 bits per heavy atom. The molecule has 1 saturated heterocycles. The molecule has 0 aliphatic carbocycles. The molecule has 0 spiro atoms. The molecule has 1 aromatic carbocycles. The average molecular weight is 336 g/mol. The number of primary amides is 1. The van der Waals surface area contributed by atoms with E-state index in [-0.39, 0.29) is 12.6 Å². The molecule has 1 aromatic heterocycles. The fourth-order valence-electron chi connectivity index (χ4n) is 3.02. The summed E-state index contributed by atoms with van der Waals surface area (Å²) in [6, 6.07) is 3.65. The lowest BCUT2D eigenvalue weighted by atomic mass is 10.2. The summed E-state index contributed by atoms with van der Waals surface area (Å²) in [6.45, 7) is 1.39. The number of anilines is 1. The van der Waals surface area contributed by atoms with E-state index in [4.69, 9.17) is 10.5 Å². The van der Waals surface area contributed by atoms with Crippen LogP contribution in [0.1, 0.15) is 18.4 Å². The summed E-state index contributed by atoms with van der Waals surface area (Å²) in [6.07, 6.45) is 4.39. The highest BCUT2D eigenvalue weighted by atomic mass is 19.1. The highest BCUT2D eigenvalue weighted by Crippen LogP contribution is 2.27. The number of carbonyl (C=O) groups is 1. The maximum absolute atomic E-state index is 13.5. The van der Waals surface area contributed by atoms with Crippen LogP contribution in [0, 0.1) is 11.6 Å². The van der Waals surface area contributed by atoms with Crippen molar-refractivity contribution in [2.24, 2.45) is 5.73 Å². The number of halogens is 2. The highest BCUT2D eigenvalue weighted by molar-refractivity contribution is 5.64. The molecule has 0 radical (unpaired) electrons. The molecule has 1 aliphatic rings. The first-order valence-electron chi connectivity index (χ1n) is 7.67. The van der Waals surface area contributed by atoms with Gasteiger partial charge in [0.1, 0.15) is 18.2 Å². The number of nitrogens with zero attached hydrogens (tertiary/aromatic N) is 3. The normalized spacial score (nSPS) is 17.2. The van der Waals surface area contributed by atoms with Gasteiger partial charge in [0.25, 0.3) is 0 Å². The van der Waals surface area contributed by atoms with Crippen LogP contribution in [0.3, 0.4) is 0 Å². The van der Waals surface area contributed by atoms with Crippen molar-refractivity contribution < 1.29 is 18.3 Å². The average Bonchev–Trinajstić information content (AvgIpc) is 3.14. The van der Waals surface area contributed by atoms with Crippen LogP contribution in [0.2, 0.25) is 0 Å². The summed E-state index contributed by atoms with van der Waals surface area (Å²) in [7, 11) is 0. The van der Waals surface area contributed by atoms with E-state index >= 15 is 0 Å². The van der Waals surface area contributed by atoms with Gasteiger partial charge >= 0.3 is 6.09 Å². The minimum atomic E-state index is -0.835. The lowest BCUT2D eigenvalue weighted by Gasteiger charge is -2.27. The van der Waals surface area contributed by atoms with E-state index in [0.29, 0.717) is 12.2 Å². The van der Waals surface area contributed by atoms with Crippen molar-refractivity contribution >= 4 is 11.8 Å². The van der Waals surface area contributed by atoms with Crippen molar-refractivity contribution in [3.63, 3.8) is 0 Å². The predicted octanol–water partition coefficient (Wildman–Crippen LogP) is 2.43. The smallest absolute Gasteiger partial charge is 0.404 e. The topological polar surface area (TPSA) is 73.4 Å². The largest absolute Gasteiger partial charge is 0.445 e. The molecule has 2 N–H and O–H groups in total. The van der Waals surface area contributed by atoms with Gasteiger partial charge in [0.2, 0.25) is 0 Å². The standard InChI is InChI=1S/C16H18F2N4O2/c17-12-4-13(18)6-15(5-12)22-3-1-2-14(22)9-21-8-11(7-20-21)10-24-16(19)23/h4-8,14H,1-3,9-10H2,(H2,19,23). The van der Waals surface area contributed by atoms with Gasteiger partial charge in [-0.05, 0) is 25.0 Å². The van der Waals surface area contributed by atoms with E-state index < -0.39 is 17.7 Å². The number of aromatic nitrogens is 2. The fourth-order valence-corrected chi connectivity index (χ4v) is 3.02. The molecule has 1 unspecified atom stereocenters. The molecule has 1 amide bonds. The summed E-state index contributed by atoms with van der Waals surface area (Å²) in [5, 5.41) is 4.23. The van der Waals surface area contributed by atoms with Crippen LogP contribution in [-0.2, 0) is 17.9 Å². The lowest BCUT2D eigenvalue weighted by molar-refractivity contribution is 0.150. The van der Waals surface area contributed by atoms with E-state index in [0.717, 1.165) is 31.0 Å². The maximum atomic E-state index is 13.5.